The van der Waals surface area contributed by atoms with Gasteiger partial charge in [-0.1, -0.05) is 13.3 Å². The van der Waals surface area contributed by atoms with E-state index in [0.717, 1.165) is 18.5 Å². The molecule has 0 aromatic carbocycles. The van der Waals surface area contributed by atoms with Crippen LogP contribution in [0.4, 0.5) is 5.82 Å². The van der Waals surface area contributed by atoms with Gasteiger partial charge in [0.2, 0.25) is 0 Å². The van der Waals surface area contributed by atoms with Crippen molar-refractivity contribution in [3.63, 3.8) is 0 Å². The molecule has 0 saturated heterocycles. The minimum absolute atomic E-state index is 0.170. The molecule has 0 radical (unpaired) electrons. The van der Waals surface area contributed by atoms with Crippen molar-refractivity contribution in [1.29, 1.82) is 0 Å². The minimum atomic E-state index is -0.812. The van der Waals surface area contributed by atoms with Gasteiger partial charge in [-0.2, -0.15) is 0 Å². The van der Waals surface area contributed by atoms with E-state index >= 15 is 0 Å². The number of nitrogens with one attached hydrogen (secondary N) is 1. The molecular formula is C12H19N3O2. The van der Waals surface area contributed by atoms with Crippen molar-refractivity contribution in [2.45, 2.75) is 39.7 Å². The van der Waals surface area contributed by atoms with Crippen LogP contribution in [0.1, 0.15) is 32.9 Å². The summed E-state index contributed by atoms with van der Waals surface area (Å²) < 4.78 is 0. The number of carboxylic acids is 1. The van der Waals surface area contributed by atoms with Crippen LogP contribution in [0, 0.1) is 5.92 Å². The molecule has 0 aliphatic carbocycles. The first-order valence-electron chi connectivity index (χ1n) is 5.84. The second-order valence-corrected chi connectivity index (χ2v) is 4.20. The molecule has 0 bridgehead atoms. The first-order chi connectivity index (χ1) is 8.04. The summed E-state index contributed by atoms with van der Waals surface area (Å²) in [6.45, 7) is 5.60. The lowest BCUT2D eigenvalue weighted by molar-refractivity contribution is -0.141. The van der Waals surface area contributed by atoms with Gasteiger partial charge in [0.1, 0.15) is 12.1 Å². The van der Waals surface area contributed by atoms with Crippen LogP contribution in [0.2, 0.25) is 0 Å². The second kappa shape index (κ2) is 6.18. The average Bonchev–Trinajstić information content (AvgIpc) is 2.28. The Kier molecular flexibility index (Phi) is 4.87. The van der Waals surface area contributed by atoms with E-state index in [1.54, 1.807) is 6.92 Å². The van der Waals surface area contributed by atoms with Crippen molar-refractivity contribution >= 4 is 11.8 Å². The SMILES string of the molecule is CCCc1cc(NC(C)C(C)C(=O)O)ncn1. The molecule has 1 aromatic heterocycles. The van der Waals surface area contributed by atoms with Gasteiger partial charge in [0, 0.05) is 17.8 Å². The number of aliphatic carboxylic acids is 1. The number of anilines is 1. The number of nitrogens with zero attached hydrogens (tertiary/aromatic N) is 2. The van der Waals surface area contributed by atoms with E-state index < -0.39 is 11.9 Å². The van der Waals surface area contributed by atoms with Crippen molar-refractivity contribution < 1.29 is 9.90 Å². The molecule has 1 heterocycles. The van der Waals surface area contributed by atoms with E-state index in [2.05, 4.69) is 22.2 Å². The van der Waals surface area contributed by atoms with Crippen LogP contribution in [-0.2, 0) is 11.2 Å². The first kappa shape index (κ1) is 13.4. The van der Waals surface area contributed by atoms with Crippen LogP contribution < -0.4 is 5.32 Å². The summed E-state index contributed by atoms with van der Waals surface area (Å²) >= 11 is 0. The average molecular weight is 237 g/mol. The Morgan fingerprint density at radius 1 is 1.47 bits per heavy atom. The number of hydrogen-bond acceptors (Lipinski definition) is 4. The number of aromatic nitrogens is 2. The maximum Gasteiger partial charge on any atom is 0.308 e. The Morgan fingerprint density at radius 3 is 2.76 bits per heavy atom. The molecule has 2 N–H and O–H groups in total. The maximum absolute atomic E-state index is 10.8. The lowest BCUT2D eigenvalue weighted by atomic mass is 10.0. The summed E-state index contributed by atoms with van der Waals surface area (Å²) in [5, 5.41) is 12.0. The highest BCUT2D eigenvalue weighted by Gasteiger charge is 2.19. The van der Waals surface area contributed by atoms with Crippen LogP contribution in [0.3, 0.4) is 0 Å². The predicted octanol–water partition coefficient (Wildman–Crippen LogP) is 1.95. The Labute approximate surface area is 101 Å². The Balaban J connectivity index is 2.67. The van der Waals surface area contributed by atoms with Gasteiger partial charge in [-0.05, 0) is 20.3 Å². The molecule has 1 rings (SSSR count). The minimum Gasteiger partial charge on any atom is -0.481 e. The molecule has 0 aliphatic rings. The topological polar surface area (TPSA) is 75.1 Å². The molecule has 0 saturated carbocycles. The fourth-order valence-electron chi connectivity index (χ4n) is 1.44. The predicted molar refractivity (Wildman–Crippen MR) is 65.9 cm³/mol. The Hall–Kier alpha value is -1.65. The van der Waals surface area contributed by atoms with Crippen molar-refractivity contribution in [3.05, 3.63) is 18.1 Å². The monoisotopic (exact) mass is 237 g/mol. The summed E-state index contributed by atoms with van der Waals surface area (Å²) in [5.74, 6) is -0.587. The van der Waals surface area contributed by atoms with Gasteiger partial charge < -0.3 is 10.4 Å². The highest BCUT2D eigenvalue weighted by Crippen LogP contribution is 2.11. The molecule has 2 unspecified atom stereocenters. The normalized spacial score (nSPS) is 14.1. The highest BCUT2D eigenvalue weighted by atomic mass is 16.4. The summed E-state index contributed by atoms with van der Waals surface area (Å²) in [6.07, 6.45) is 3.43. The third-order valence-corrected chi connectivity index (χ3v) is 2.74. The molecule has 2 atom stereocenters. The summed E-state index contributed by atoms with van der Waals surface area (Å²) in [6, 6.07) is 1.70. The molecule has 0 fully saturated rings. The summed E-state index contributed by atoms with van der Waals surface area (Å²) in [4.78, 5) is 19.1. The van der Waals surface area contributed by atoms with Crippen molar-refractivity contribution in [2.24, 2.45) is 5.92 Å². The maximum atomic E-state index is 10.8. The van der Waals surface area contributed by atoms with Gasteiger partial charge >= 0.3 is 5.97 Å². The lowest BCUT2D eigenvalue weighted by Crippen LogP contribution is -2.30. The largest absolute Gasteiger partial charge is 0.481 e. The zero-order valence-electron chi connectivity index (χ0n) is 10.5. The Bertz CT molecular complexity index is 382. The second-order valence-electron chi connectivity index (χ2n) is 4.20. The summed E-state index contributed by atoms with van der Waals surface area (Å²) in [5.41, 5.74) is 0.972. The van der Waals surface area contributed by atoms with Gasteiger partial charge in [0.05, 0.1) is 5.92 Å². The van der Waals surface area contributed by atoms with E-state index in [9.17, 15) is 4.79 Å². The van der Waals surface area contributed by atoms with Crippen LogP contribution in [0.15, 0.2) is 12.4 Å². The smallest absolute Gasteiger partial charge is 0.308 e. The summed E-state index contributed by atoms with van der Waals surface area (Å²) in [7, 11) is 0. The van der Waals surface area contributed by atoms with Crippen molar-refractivity contribution in [1.82, 2.24) is 9.97 Å². The fourth-order valence-corrected chi connectivity index (χ4v) is 1.44. The van der Waals surface area contributed by atoms with Crippen LogP contribution in [-0.4, -0.2) is 27.1 Å². The van der Waals surface area contributed by atoms with Gasteiger partial charge in [-0.15, -0.1) is 0 Å². The molecule has 0 spiro atoms. The van der Waals surface area contributed by atoms with Crippen LogP contribution >= 0.6 is 0 Å². The zero-order valence-corrected chi connectivity index (χ0v) is 10.5. The van der Waals surface area contributed by atoms with Gasteiger partial charge in [0.15, 0.2) is 0 Å². The molecule has 0 amide bonds. The van der Waals surface area contributed by atoms with Gasteiger partial charge in [-0.3, -0.25) is 4.79 Å². The standard InChI is InChI=1S/C12H19N3O2/c1-4-5-10-6-11(14-7-13-10)15-9(3)8(2)12(16)17/h6-9H,4-5H2,1-3H3,(H,16,17)(H,13,14,15). The molecule has 94 valence electrons. The van der Waals surface area contributed by atoms with Gasteiger partial charge in [-0.25, -0.2) is 9.97 Å². The van der Waals surface area contributed by atoms with Crippen molar-refractivity contribution in [3.8, 4) is 0 Å². The third-order valence-electron chi connectivity index (χ3n) is 2.74. The first-order valence-corrected chi connectivity index (χ1v) is 5.84. The molecule has 5 heteroatoms. The molecule has 1 aromatic rings. The number of hydrogen-bond donors (Lipinski definition) is 2. The number of carbonyl (C=O) groups is 1. The van der Waals surface area contributed by atoms with E-state index in [1.807, 2.05) is 13.0 Å². The lowest BCUT2D eigenvalue weighted by Gasteiger charge is -2.18. The van der Waals surface area contributed by atoms with Crippen molar-refractivity contribution in [2.75, 3.05) is 5.32 Å². The quantitative estimate of drug-likeness (QED) is 0.791. The molecule has 5 nitrogen and oxygen atoms in total. The molecule has 17 heavy (non-hydrogen) atoms. The van der Waals surface area contributed by atoms with E-state index in [0.29, 0.717) is 5.82 Å². The Morgan fingerprint density at radius 2 is 2.18 bits per heavy atom. The van der Waals surface area contributed by atoms with E-state index in [4.69, 9.17) is 5.11 Å². The van der Waals surface area contributed by atoms with Crippen LogP contribution in [0.5, 0.6) is 0 Å². The van der Waals surface area contributed by atoms with E-state index in [1.165, 1.54) is 6.33 Å². The molecular weight excluding hydrogens is 218 g/mol. The fraction of sp³-hybridized carbons (Fsp3) is 0.583. The molecule has 0 aliphatic heterocycles. The van der Waals surface area contributed by atoms with E-state index in [-0.39, 0.29) is 6.04 Å². The highest BCUT2D eigenvalue weighted by molar-refractivity contribution is 5.71. The van der Waals surface area contributed by atoms with Gasteiger partial charge in [0.25, 0.3) is 0 Å². The third kappa shape index (κ3) is 4.01. The number of carboxylic acid groups (broad SMARTS) is 1. The zero-order chi connectivity index (χ0) is 12.8. The number of aryl methyl sites for hydroxylation is 1. The number of rotatable bonds is 6. The van der Waals surface area contributed by atoms with Crippen LogP contribution in [0.25, 0.3) is 0 Å².